The lowest BCUT2D eigenvalue weighted by Crippen LogP contribution is -2.46. The highest BCUT2D eigenvalue weighted by Crippen LogP contribution is 2.18. The number of likely N-dealkylation sites (N-methyl/N-ethyl adjacent to an activating group) is 1. The highest BCUT2D eigenvalue weighted by molar-refractivity contribution is 5.85. The fourth-order valence-electron chi connectivity index (χ4n) is 2.36. The van der Waals surface area contributed by atoms with Gasteiger partial charge in [-0.15, -0.1) is 12.4 Å². The number of rotatable bonds is 2. The standard InChI is InChI=1S/C10H20N2O.ClH/c1-12(10-4-7-13-8-10)9-2-5-11-6-3-9;/h9-11H,2-8H2,1H3;1H. The van der Waals surface area contributed by atoms with Gasteiger partial charge in [-0.25, -0.2) is 0 Å². The summed E-state index contributed by atoms with van der Waals surface area (Å²) in [5, 5.41) is 3.40. The van der Waals surface area contributed by atoms with Crippen LogP contribution in [0, 0.1) is 0 Å². The Hall–Kier alpha value is 0.170. The van der Waals surface area contributed by atoms with Crippen LogP contribution in [0.5, 0.6) is 0 Å². The molecule has 2 rings (SSSR count). The van der Waals surface area contributed by atoms with Crippen LogP contribution in [0.1, 0.15) is 19.3 Å². The van der Waals surface area contributed by atoms with E-state index >= 15 is 0 Å². The van der Waals surface area contributed by atoms with Crippen molar-refractivity contribution in [1.29, 1.82) is 0 Å². The lowest BCUT2D eigenvalue weighted by atomic mass is 10.0. The molecule has 2 saturated heterocycles. The highest BCUT2D eigenvalue weighted by atomic mass is 35.5. The largest absolute Gasteiger partial charge is 0.380 e. The molecular formula is C10H21ClN2O. The molecule has 14 heavy (non-hydrogen) atoms. The number of piperidine rings is 1. The summed E-state index contributed by atoms with van der Waals surface area (Å²) in [6.07, 6.45) is 3.82. The Morgan fingerprint density at radius 1 is 1.14 bits per heavy atom. The van der Waals surface area contributed by atoms with Crippen LogP contribution in [0.25, 0.3) is 0 Å². The topological polar surface area (TPSA) is 24.5 Å². The number of ether oxygens (including phenoxy) is 1. The third-order valence-electron chi connectivity index (χ3n) is 3.37. The maximum atomic E-state index is 5.41. The zero-order valence-corrected chi connectivity index (χ0v) is 9.68. The van der Waals surface area contributed by atoms with Crippen LogP contribution in [-0.2, 0) is 4.74 Å². The summed E-state index contributed by atoms with van der Waals surface area (Å²) >= 11 is 0. The Morgan fingerprint density at radius 2 is 1.86 bits per heavy atom. The molecule has 0 bridgehead atoms. The van der Waals surface area contributed by atoms with E-state index in [9.17, 15) is 0 Å². The fraction of sp³-hybridized carbons (Fsp3) is 1.00. The number of halogens is 1. The van der Waals surface area contributed by atoms with Gasteiger partial charge in [-0.05, 0) is 39.4 Å². The van der Waals surface area contributed by atoms with Gasteiger partial charge < -0.3 is 10.1 Å². The number of nitrogens with one attached hydrogen (secondary N) is 1. The van der Waals surface area contributed by atoms with Crippen molar-refractivity contribution in [1.82, 2.24) is 10.2 Å². The van der Waals surface area contributed by atoms with Crippen molar-refractivity contribution in [2.24, 2.45) is 0 Å². The van der Waals surface area contributed by atoms with Crippen molar-refractivity contribution in [3.05, 3.63) is 0 Å². The SMILES string of the molecule is CN(C1CCNCC1)C1CCOC1.Cl. The van der Waals surface area contributed by atoms with E-state index in [0.29, 0.717) is 6.04 Å². The molecule has 1 atom stereocenters. The molecule has 2 fully saturated rings. The number of nitrogens with zero attached hydrogens (tertiary/aromatic N) is 1. The summed E-state index contributed by atoms with van der Waals surface area (Å²) in [7, 11) is 2.26. The van der Waals surface area contributed by atoms with Gasteiger partial charge in [0.25, 0.3) is 0 Å². The number of hydrogen-bond acceptors (Lipinski definition) is 3. The Labute approximate surface area is 92.6 Å². The van der Waals surface area contributed by atoms with Gasteiger partial charge in [0.05, 0.1) is 6.61 Å². The van der Waals surface area contributed by atoms with Crippen molar-refractivity contribution in [3.8, 4) is 0 Å². The summed E-state index contributed by atoms with van der Waals surface area (Å²) in [6, 6.07) is 1.47. The van der Waals surface area contributed by atoms with Crippen molar-refractivity contribution in [3.63, 3.8) is 0 Å². The van der Waals surface area contributed by atoms with Crippen LogP contribution >= 0.6 is 12.4 Å². The second-order valence-electron chi connectivity index (χ2n) is 4.16. The van der Waals surface area contributed by atoms with Gasteiger partial charge >= 0.3 is 0 Å². The van der Waals surface area contributed by atoms with Crippen LogP contribution in [0.4, 0.5) is 0 Å². The summed E-state index contributed by atoms with van der Waals surface area (Å²) in [6.45, 7) is 4.27. The molecule has 0 spiro atoms. The summed E-state index contributed by atoms with van der Waals surface area (Å²) < 4.78 is 5.41. The average Bonchev–Trinajstić information content (AvgIpc) is 2.71. The van der Waals surface area contributed by atoms with Gasteiger partial charge in [0.2, 0.25) is 0 Å². The first kappa shape index (κ1) is 12.2. The Morgan fingerprint density at radius 3 is 2.43 bits per heavy atom. The van der Waals surface area contributed by atoms with E-state index in [4.69, 9.17) is 4.74 Å². The molecule has 0 aromatic carbocycles. The molecule has 1 N–H and O–H groups in total. The molecule has 0 aliphatic carbocycles. The molecule has 2 aliphatic heterocycles. The minimum absolute atomic E-state index is 0. The first-order valence-electron chi connectivity index (χ1n) is 5.38. The predicted molar refractivity (Wildman–Crippen MR) is 60.1 cm³/mol. The first-order valence-corrected chi connectivity index (χ1v) is 5.38. The van der Waals surface area contributed by atoms with Gasteiger partial charge in [0.15, 0.2) is 0 Å². The lowest BCUT2D eigenvalue weighted by Gasteiger charge is -2.35. The van der Waals surface area contributed by atoms with E-state index in [1.165, 1.54) is 32.4 Å². The summed E-state index contributed by atoms with van der Waals surface area (Å²) in [5.74, 6) is 0. The van der Waals surface area contributed by atoms with Crippen molar-refractivity contribution >= 4 is 12.4 Å². The van der Waals surface area contributed by atoms with Gasteiger partial charge in [-0.3, -0.25) is 4.90 Å². The Balaban J connectivity index is 0.000000980. The van der Waals surface area contributed by atoms with Gasteiger partial charge in [-0.1, -0.05) is 0 Å². The zero-order chi connectivity index (χ0) is 9.10. The molecule has 0 amide bonds. The highest BCUT2D eigenvalue weighted by Gasteiger charge is 2.26. The fourth-order valence-corrected chi connectivity index (χ4v) is 2.36. The molecule has 1 unspecified atom stereocenters. The molecule has 0 aromatic rings. The van der Waals surface area contributed by atoms with Crippen LogP contribution in [0.15, 0.2) is 0 Å². The molecule has 0 aromatic heterocycles. The first-order chi connectivity index (χ1) is 6.38. The van der Waals surface area contributed by atoms with Gasteiger partial charge in [0, 0.05) is 18.7 Å². The summed E-state index contributed by atoms with van der Waals surface area (Å²) in [5.41, 5.74) is 0. The van der Waals surface area contributed by atoms with E-state index in [-0.39, 0.29) is 12.4 Å². The zero-order valence-electron chi connectivity index (χ0n) is 8.87. The summed E-state index contributed by atoms with van der Waals surface area (Å²) in [4.78, 5) is 2.54. The third kappa shape index (κ3) is 2.83. The smallest absolute Gasteiger partial charge is 0.0622 e. The molecule has 4 heteroatoms. The maximum absolute atomic E-state index is 5.41. The molecule has 0 radical (unpaired) electrons. The van der Waals surface area contributed by atoms with E-state index in [1.54, 1.807) is 0 Å². The molecule has 2 aliphatic rings. The van der Waals surface area contributed by atoms with Crippen LogP contribution in [-0.4, -0.2) is 50.3 Å². The predicted octanol–water partition coefficient (Wildman–Crippen LogP) is 0.881. The molecule has 2 heterocycles. The molecular weight excluding hydrogens is 200 g/mol. The van der Waals surface area contributed by atoms with Gasteiger partial charge in [0.1, 0.15) is 0 Å². The van der Waals surface area contributed by atoms with Crippen molar-refractivity contribution in [2.75, 3.05) is 33.4 Å². The van der Waals surface area contributed by atoms with Crippen LogP contribution in [0.3, 0.4) is 0 Å². The van der Waals surface area contributed by atoms with E-state index in [0.717, 1.165) is 19.3 Å². The maximum Gasteiger partial charge on any atom is 0.0622 e. The quantitative estimate of drug-likeness (QED) is 0.748. The normalized spacial score (nSPS) is 29.1. The minimum Gasteiger partial charge on any atom is -0.380 e. The molecule has 84 valence electrons. The number of hydrogen-bond donors (Lipinski definition) is 1. The Bertz CT molecular complexity index is 156. The molecule has 3 nitrogen and oxygen atoms in total. The Kier molecular flexibility index (Phi) is 5.17. The third-order valence-corrected chi connectivity index (χ3v) is 3.37. The molecule has 0 saturated carbocycles. The van der Waals surface area contributed by atoms with Crippen molar-refractivity contribution < 1.29 is 4.74 Å². The average molecular weight is 221 g/mol. The van der Waals surface area contributed by atoms with Crippen molar-refractivity contribution in [2.45, 2.75) is 31.3 Å². The van der Waals surface area contributed by atoms with Gasteiger partial charge in [-0.2, -0.15) is 0 Å². The minimum atomic E-state index is 0. The lowest BCUT2D eigenvalue weighted by molar-refractivity contribution is 0.116. The van der Waals surface area contributed by atoms with Crippen LogP contribution < -0.4 is 5.32 Å². The second kappa shape index (κ2) is 5.91. The second-order valence-corrected chi connectivity index (χ2v) is 4.16. The van der Waals surface area contributed by atoms with E-state index < -0.39 is 0 Å². The van der Waals surface area contributed by atoms with E-state index in [2.05, 4.69) is 17.3 Å². The van der Waals surface area contributed by atoms with E-state index in [1.807, 2.05) is 0 Å². The van der Waals surface area contributed by atoms with Crippen LogP contribution in [0.2, 0.25) is 0 Å². The monoisotopic (exact) mass is 220 g/mol.